The highest BCUT2D eigenvalue weighted by Gasteiger charge is 2.48. The van der Waals surface area contributed by atoms with Crippen molar-refractivity contribution < 1.29 is 35.3 Å². The van der Waals surface area contributed by atoms with E-state index in [1.54, 1.807) is 0 Å². The second-order valence-corrected chi connectivity index (χ2v) is 4.62. The predicted octanol–water partition coefficient (Wildman–Crippen LogP) is 1.49. The molecule has 0 unspecified atom stereocenters. The lowest BCUT2D eigenvalue weighted by Crippen LogP contribution is -2.28. The lowest BCUT2D eigenvalue weighted by Gasteiger charge is -2.09. The van der Waals surface area contributed by atoms with Crippen molar-refractivity contribution >= 4 is 16.1 Å². The van der Waals surface area contributed by atoms with Crippen LogP contribution in [-0.2, 0) is 14.9 Å². The molecule has 106 valence electrons. The molecule has 1 rings (SSSR count). The fourth-order valence-corrected chi connectivity index (χ4v) is 1.41. The van der Waals surface area contributed by atoms with Crippen LogP contribution in [0.2, 0.25) is 0 Å². The molecule has 0 saturated carbocycles. The monoisotopic (exact) mass is 299 g/mol. The van der Waals surface area contributed by atoms with Crippen LogP contribution in [0.4, 0.5) is 13.2 Å². The summed E-state index contributed by atoms with van der Waals surface area (Å²) >= 11 is 0. The fourth-order valence-electron chi connectivity index (χ4n) is 0.954. The molecule has 0 fully saturated rings. The van der Waals surface area contributed by atoms with E-state index in [2.05, 4.69) is 13.9 Å². The number of alkyl halides is 3. The second-order valence-electron chi connectivity index (χ2n) is 3.08. The van der Waals surface area contributed by atoms with E-state index in [4.69, 9.17) is 0 Å². The van der Waals surface area contributed by atoms with Crippen molar-refractivity contribution in [2.75, 3.05) is 6.61 Å². The van der Waals surface area contributed by atoms with Crippen LogP contribution in [0.5, 0.6) is 5.75 Å². The Morgan fingerprint density at radius 3 is 2.58 bits per heavy atom. The number of carbonyl (C=O) groups excluding carboxylic acids is 1. The van der Waals surface area contributed by atoms with Gasteiger partial charge < -0.3 is 8.92 Å². The molecule has 0 saturated heterocycles. The highest BCUT2D eigenvalue weighted by molar-refractivity contribution is 7.87. The van der Waals surface area contributed by atoms with Crippen LogP contribution in [0.3, 0.4) is 0 Å². The van der Waals surface area contributed by atoms with Gasteiger partial charge in [-0.25, -0.2) is 9.78 Å². The van der Waals surface area contributed by atoms with E-state index in [9.17, 15) is 26.4 Å². The Bertz CT molecular complexity index is 569. The van der Waals surface area contributed by atoms with Gasteiger partial charge in [0.25, 0.3) is 0 Å². The first-order valence-electron chi connectivity index (χ1n) is 4.81. The van der Waals surface area contributed by atoms with Gasteiger partial charge in [0.05, 0.1) is 6.61 Å². The number of hydrogen-bond acceptors (Lipinski definition) is 6. The van der Waals surface area contributed by atoms with Crippen LogP contribution >= 0.6 is 0 Å². The van der Waals surface area contributed by atoms with Crippen LogP contribution in [0.25, 0.3) is 0 Å². The van der Waals surface area contributed by atoms with Crippen molar-refractivity contribution in [2.24, 2.45) is 0 Å². The zero-order chi connectivity index (χ0) is 14.7. The van der Waals surface area contributed by atoms with Gasteiger partial charge in [-0.05, 0) is 6.92 Å². The van der Waals surface area contributed by atoms with E-state index < -0.39 is 27.3 Å². The normalized spacial score (nSPS) is 12.0. The molecule has 1 aromatic rings. The molecule has 10 heteroatoms. The van der Waals surface area contributed by atoms with E-state index in [0.29, 0.717) is 0 Å². The molecule has 6 nitrogen and oxygen atoms in total. The summed E-state index contributed by atoms with van der Waals surface area (Å²) in [6.07, 6.45) is 0.924. The zero-order valence-electron chi connectivity index (χ0n) is 9.47. The molecule has 0 aromatic carbocycles. The minimum Gasteiger partial charge on any atom is -0.461 e. The van der Waals surface area contributed by atoms with Crippen molar-refractivity contribution in [3.05, 3.63) is 24.0 Å². The van der Waals surface area contributed by atoms with E-state index in [-0.39, 0.29) is 12.3 Å². The van der Waals surface area contributed by atoms with E-state index in [1.165, 1.54) is 6.92 Å². The molecule has 0 aliphatic carbocycles. The molecule has 0 radical (unpaired) electrons. The van der Waals surface area contributed by atoms with Gasteiger partial charge >= 0.3 is 21.6 Å². The van der Waals surface area contributed by atoms with Crippen molar-refractivity contribution in [3.8, 4) is 5.75 Å². The lowest BCUT2D eigenvalue weighted by atomic mass is 10.3. The average Bonchev–Trinajstić information content (AvgIpc) is 2.27. The summed E-state index contributed by atoms with van der Waals surface area (Å²) in [5.74, 6) is -1.59. The second kappa shape index (κ2) is 5.43. The van der Waals surface area contributed by atoms with Gasteiger partial charge in [0.2, 0.25) is 0 Å². The minimum atomic E-state index is -5.79. The smallest absolute Gasteiger partial charge is 0.461 e. The lowest BCUT2D eigenvalue weighted by molar-refractivity contribution is -0.0500. The predicted molar refractivity (Wildman–Crippen MR) is 55.8 cm³/mol. The molecular weight excluding hydrogens is 291 g/mol. The van der Waals surface area contributed by atoms with Gasteiger partial charge in [-0.2, -0.15) is 21.6 Å². The summed E-state index contributed by atoms with van der Waals surface area (Å²) in [4.78, 5) is 14.8. The van der Waals surface area contributed by atoms with Gasteiger partial charge in [-0.3, -0.25) is 0 Å². The first-order chi connectivity index (χ1) is 8.67. The van der Waals surface area contributed by atoms with Crippen LogP contribution in [0.15, 0.2) is 18.3 Å². The molecule has 0 aliphatic rings. The minimum absolute atomic E-state index is 0.0342. The third kappa shape index (κ3) is 3.81. The van der Waals surface area contributed by atoms with Crippen molar-refractivity contribution in [3.63, 3.8) is 0 Å². The van der Waals surface area contributed by atoms with Gasteiger partial charge in [0.1, 0.15) is 5.75 Å². The number of hydrogen-bond donors (Lipinski definition) is 0. The molecule has 0 N–H and O–H groups in total. The Labute approximate surface area is 106 Å². The highest BCUT2D eigenvalue weighted by atomic mass is 32.2. The third-order valence-electron chi connectivity index (χ3n) is 1.71. The molecule has 0 aliphatic heterocycles. The summed E-state index contributed by atoms with van der Waals surface area (Å²) in [6.45, 7) is 1.55. The molecule has 0 spiro atoms. The topological polar surface area (TPSA) is 82.6 Å². The maximum absolute atomic E-state index is 12.1. The number of halogens is 3. The van der Waals surface area contributed by atoms with E-state index in [0.717, 1.165) is 18.3 Å². The molecule has 0 bridgehead atoms. The molecule has 19 heavy (non-hydrogen) atoms. The number of pyridine rings is 1. The maximum Gasteiger partial charge on any atom is 0.534 e. The highest BCUT2D eigenvalue weighted by Crippen LogP contribution is 2.26. The number of ether oxygens (including phenoxy) is 1. The van der Waals surface area contributed by atoms with Crippen LogP contribution in [0.1, 0.15) is 17.4 Å². The van der Waals surface area contributed by atoms with Crippen molar-refractivity contribution in [2.45, 2.75) is 12.4 Å². The Morgan fingerprint density at radius 1 is 1.42 bits per heavy atom. The third-order valence-corrected chi connectivity index (χ3v) is 2.68. The molecule has 1 aromatic heterocycles. The summed E-state index contributed by atoms with van der Waals surface area (Å²) in [6, 6.07) is 1.60. The molecule has 0 atom stereocenters. The van der Waals surface area contributed by atoms with Crippen molar-refractivity contribution in [1.29, 1.82) is 0 Å². The summed E-state index contributed by atoms with van der Waals surface area (Å²) in [5.41, 5.74) is -5.92. The Kier molecular flexibility index (Phi) is 4.35. The Hall–Kier alpha value is -1.84. The SMILES string of the molecule is CCOC(=O)c1cc(OS(=O)(=O)C(F)(F)F)ccn1. The quantitative estimate of drug-likeness (QED) is 0.476. The number of esters is 1. The van der Waals surface area contributed by atoms with Crippen LogP contribution in [0, 0.1) is 0 Å². The fraction of sp³-hybridized carbons (Fsp3) is 0.333. The summed E-state index contributed by atoms with van der Waals surface area (Å²) in [5, 5.41) is 0. The van der Waals surface area contributed by atoms with Gasteiger partial charge in [-0.1, -0.05) is 0 Å². The standard InChI is InChI=1S/C9H8F3NO5S/c1-2-17-8(14)7-5-6(3-4-13-7)18-19(15,16)9(10,11)12/h3-5H,2H2,1H3. The van der Waals surface area contributed by atoms with E-state index in [1.807, 2.05) is 0 Å². The summed E-state index contributed by atoms with van der Waals surface area (Å²) < 4.78 is 66.1. The number of nitrogens with zero attached hydrogens (tertiary/aromatic N) is 1. The average molecular weight is 299 g/mol. The van der Waals surface area contributed by atoms with Gasteiger partial charge in [0.15, 0.2) is 5.69 Å². The first-order valence-corrected chi connectivity index (χ1v) is 6.22. The summed E-state index contributed by atoms with van der Waals surface area (Å²) in [7, 11) is -5.79. The zero-order valence-corrected chi connectivity index (χ0v) is 10.3. The first kappa shape index (κ1) is 15.2. The van der Waals surface area contributed by atoms with E-state index >= 15 is 0 Å². The Morgan fingerprint density at radius 2 is 2.05 bits per heavy atom. The molecular formula is C9H8F3NO5S. The van der Waals surface area contributed by atoms with Gasteiger partial charge in [0, 0.05) is 18.3 Å². The number of carbonyl (C=O) groups is 1. The number of aromatic nitrogens is 1. The van der Waals surface area contributed by atoms with Crippen LogP contribution < -0.4 is 4.18 Å². The largest absolute Gasteiger partial charge is 0.534 e. The van der Waals surface area contributed by atoms with Crippen molar-refractivity contribution in [1.82, 2.24) is 4.98 Å². The van der Waals surface area contributed by atoms with Crippen LogP contribution in [-0.4, -0.2) is 31.5 Å². The maximum atomic E-state index is 12.1. The van der Waals surface area contributed by atoms with Gasteiger partial charge in [-0.15, -0.1) is 0 Å². The number of rotatable bonds is 4. The molecule has 0 amide bonds. The Balaban J connectivity index is 2.99. The molecule has 1 heterocycles.